The molecule has 0 unspecified atom stereocenters. The number of Topliss-reactive ketones (excluding diaryl/α,β-unsaturated/α-hetero) is 1. The van der Waals surface area contributed by atoms with Gasteiger partial charge in [-0.2, -0.15) is 0 Å². The van der Waals surface area contributed by atoms with E-state index < -0.39 is 0 Å². The Labute approximate surface area is 172 Å². The lowest BCUT2D eigenvalue weighted by Crippen LogP contribution is -2.06. The highest BCUT2D eigenvalue weighted by molar-refractivity contribution is 7.99. The molecule has 0 saturated heterocycles. The summed E-state index contributed by atoms with van der Waals surface area (Å²) in [6.07, 6.45) is 0. The van der Waals surface area contributed by atoms with Crippen molar-refractivity contribution in [2.75, 3.05) is 5.75 Å². The van der Waals surface area contributed by atoms with Crippen molar-refractivity contribution in [3.05, 3.63) is 83.4 Å². The average Bonchev–Trinajstić information content (AvgIpc) is 3.12. The molecular formula is C24H19N3OS. The quantitative estimate of drug-likeness (QED) is 0.224. The molecule has 0 fully saturated rings. The number of hydrogen-bond donors (Lipinski definition) is 0. The van der Waals surface area contributed by atoms with Crippen LogP contribution in [0.2, 0.25) is 0 Å². The van der Waals surface area contributed by atoms with Gasteiger partial charge in [0.2, 0.25) is 0 Å². The van der Waals surface area contributed by atoms with Gasteiger partial charge in [0, 0.05) is 10.9 Å². The number of imidazole rings is 1. The summed E-state index contributed by atoms with van der Waals surface area (Å²) in [5, 5.41) is 1.79. The first kappa shape index (κ1) is 17.9. The smallest absolute Gasteiger partial charge is 0.175 e. The summed E-state index contributed by atoms with van der Waals surface area (Å²) in [7, 11) is 0. The maximum absolute atomic E-state index is 12.9. The lowest BCUT2D eigenvalue weighted by molar-refractivity contribution is 0.102. The Morgan fingerprint density at radius 2 is 1.69 bits per heavy atom. The van der Waals surface area contributed by atoms with Gasteiger partial charge in [-0.3, -0.25) is 9.20 Å². The number of rotatable bonds is 4. The minimum absolute atomic E-state index is 0.111. The van der Waals surface area contributed by atoms with Crippen LogP contribution >= 0.6 is 11.8 Å². The monoisotopic (exact) mass is 397 g/mol. The summed E-state index contributed by atoms with van der Waals surface area (Å²) in [6, 6.07) is 22.0. The number of fused-ring (bicyclic) bond motifs is 5. The maximum atomic E-state index is 12.9. The standard InChI is InChI=1S/C24H19N3OS/c1-15-11-12-17(16(2)13-15)22(28)14-29-24-26-19-8-4-3-7-18(19)23-25-20-9-5-6-10-21(20)27(23)24/h3-13H,14H2,1-2H3. The van der Waals surface area contributed by atoms with Crippen LogP contribution in [0.3, 0.4) is 0 Å². The lowest BCUT2D eigenvalue weighted by Gasteiger charge is -2.09. The molecule has 2 heterocycles. The second-order valence-electron chi connectivity index (χ2n) is 7.20. The molecule has 0 bridgehead atoms. The van der Waals surface area contributed by atoms with Gasteiger partial charge < -0.3 is 0 Å². The summed E-state index contributed by atoms with van der Waals surface area (Å²) < 4.78 is 2.07. The summed E-state index contributed by atoms with van der Waals surface area (Å²) in [5.41, 5.74) is 6.64. The molecule has 142 valence electrons. The number of benzene rings is 3. The fraction of sp³-hybridized carbons (Fsp3) is 0.125. The normalized spacial score (nSPS) is 11.5. The van der Waals surface area contributed by atoms with Crippen molar-refractivity contribution in [3.8, 4) is 0 Å². The Morgan fingerprint density at radius 3 is 2.52 bits per heavy atom. The fourth-order valence-corrected chi connectivity index (χ4v) is 4.64. The van der Waals surface area contributed by atoms with E-state index >= 15 is 0 Å². The van der Waals surface area contributed by atoms with Crippen LogP contribution in [0.4, 0.5) is 0 Å². The topological polar surface area (TPSA) is 47.3 Å². The van der Waals surface area contributed by atoms with Crippen molar-refractivity contribution in [2.24, 2.45) is 0 Å². The van der Waals surface area contributed by atoms with Crippen LogP contribution in [-0.2, 0) is 0 Å². The highest BCUT2D eigenvalue weighted by Crippen LogP contribution is 2.29. The zero-order valence-electron chi connectivity index (χ0n) is 16.2. The van der Waals surface area contributed by atoms with Crippen molar-refractivity contribution >= 4 is 45.1 Å². The molecule has 0 spiro atoms. The number of para-hydroxylation sites is 3. The number of carbonyl (C=O) groups is 1. The van der Waals surface area contributed by atoms with Crippen molar-refractivity contribution in [3.63, 3.8) is 0 Å². The van der Waals surface area contributed by atoms with Crippen molar-refractivity contribution in [1.29, 1.82) is 0 Å². The molecule has 5 heteroatoms. The Hall–Kier alpha value is -3.18. The minimum Gasteiger partial charge on any atom is -0.293 e. The van der Waals surface area contributed by atoms with E-state index in [4.69, 9.17) is 9.97 Å². The molecule has 0 atom stereocenters. The largest absolute Gasteiger partial charge is 0.293 e. The molecule has 0 N–H and O–H groups in total. The number of aromatic nitrogens is 3. The first-order valence-corrected chi connectivity index (χ1v) is 10.5. The van der Waals surface area contributed by atoms with Crippen molar-refractivity contribution < 1.29 is 4.79 Å². The SMILES string of the molecule is Cc1ccc(C(=O)CSc2nc3ccccc3c3nc4ccccc4n23)c(C)c1. The van der Waals surface area contributed by atoms with E-state index in [1.54, 1.807) is 0 Å². The molecule has 5 rings (SSSR count). The van der Waals surface area contributed by atoms with Gasteiger partial charge in [0.1, 0.15) is 5.65 Å². The van der Waals surface area contributed by atoms with E-state index in [2.05, 4.69) is 4.40 Å². The molecular weight excluding hydrogens is 378 g/mol. The molecule has 0 saturated carbocycles. The molecule has 0 amide bonds. The first-order chi connectivity index (χ1) is 14.1. The average molecular weight is 398 g/mol. The number of thioether (sulfide) groups is 1. The van der Waals surface area contributed by atoms with Crippen LogP contribution in [-0.4, -0.2) is 25.9 Å². The van der Waals surface area contributed by atoms with Gasteiger partial charge in [0.15, 0.2) is 10.9 Å². The molecule has 0 aliphatic carbocycles. The van der Waals surface area contributed by atoms with Crippen LogP contribution in [0.15, 0.2) is 71.9 Å². The van der Waals surface area contributed by atoms with Crippen LogP contribution in [0.25, 0.3) is 27.6 Å². The predicted octanol–water partition coefficient (Wildman–Crippen LogP) is 5.63. The number of nitrogens with zero attached hydrogens (tertiary/aromatic N) is 3. The molecule has 0 aliphatic heterocycles. The van der Waals surface area contributed by atoms with Gasteiger partial charge >= 0.3 is 0 Å². The van der Waals surface area contributed by atoms with Crippen molar-refractivity contribution in [2.45, 2.75) is 19.0 Å². The lowest BCUT2D eigenvalue weighted by atomic mass is 10.0. The van der Waals surface area contributed by atoms with E-state index in [1.807, 2.05) is 80.6 Å². The van der Waals surface area contributed by atoms with Crippen molar-refractivity contribution in [1.82, 2.24) is 14.4 Å². The third-order valence-corrected chi connectivity index (χ3v) is 6.07. The zero-order valence-corrected chi connectivity index (χ0v) is 17.0. The summed E-state index contributed by atoms with van der Waals surface area (Å²) in [6.45, 7) is 4.02. The highest BCUT2D eigenvalue weighted by Gasteiger charge is 2.16. The highest BCUT2D eigenvalue weighted by atomic mass is 32.2. The number of aryl methyl sites for hydroxylation is 2. The molecule has 0 radical (unpaired) electrons. The molecule has 2 aromatic heterocycles. The third kappa shape index (κ3) is 3.08. The minimum atomic E-state index is 0.111. The van der Waals surface area contributed by atoms with E-state index in [0.29, 0.717) is 5.75 Å². The molecule has 4 nitrogen and oxygen atoms in total. The van der Waals surface area contributed by atoms with Gasteiger partial charge in [-0.05, 0) is 43.7 Å². The molecule has 29 heavy (non-hydrogen) atoms. The van der Waals surface area contributed by atoms with Crippen LogP contribution < -0.4 is 0 Å². The van der Waals surface area contributed by atoms with Gasteiger partial charge in [0.05, 0.1) is 22.3 Å². The van der Waals surface area contributed by atoms with Crippen LogP contribution in [0, 0.1) is 13.8 Å². The second kappa shape index (κ2) is 7.01. The first-order valence-electron chi connectivity index (χ1n) is 9.51. The molecule has 0 aliphatic rings. The van der Waals surface area contributed by atoms with Gasteiger partial charge in [-0.1, -0.05) is 59.8 Å². The Balaban J connectivity index is 1.61. The number of carbonyl (C=O) groups excluding carboxylic acids is 1. The van der Waals surface area contributed by atoms with Crippen LogP contribution in [0.1, 0.15) is 21.5 Å². The second-order valence-corrected chi connectivity index (χ2v) is 8.14. The van der Waals surface area contributed by atoms with E-state index in [1.165, 1.54) is 11.8 Å². The van der Waals surface area contributed by atoms with Gasteiger partial charge in [-0.25, -0.2) is 9.97 Å². The van der Waals surface area contributed by atoms with Gasteiger partial charge in [-0.15, -0.1) is 0 Å². The third-order valence-electron chi connectivity index (χ3n) is 5.13. The fourth-order valence-electron chi connectivity index (χ4n) is 3.74. The number of hydrogen-bond acceptors (Lipinski definition) is 4. The summed E-state index contributed by atoms with van der Waals surface area (Å²) in [5.74, 6) is 0.441. The Bertz CT molecular complexity index is 1400. The van der Waals surface area contributed by atoms with Gasteiger partial charge in [0.25, 0.3) is 0 Å². The Kier molecular flexibility index (Phi) is 4.32. The summed E-state index contributed by atoms with van der Waals surface area (Å²) >= 11 is 1.46. The molecule has 3 aromatic carbocycles. The van der Waals surface area contributed by atoms with E-state index in [9.17, 15) is 4.79 Å². The Morgan fingerprint density at radius 1 is 0.931 bits per heavy atom. The molecule has 5 aromatic rings. The van der Waals surface area contributed by atoms with E-state index in [-0.39, 0.29) is 5.78 Å². The predicted molar refractivity (Wildman–Crippen MR) is 119 cm³/mol. The summed E-state index contributed by atoms with van der Waals surface area (Å²) in [4.78, 5) is 22.6. The maximum Gasteiger partial charge on any atom is 0.175 e. The van der Waals surface area contributed by atoms with Crippen LogP contribution in [0.5, 0.6) is 0 Å². The van der Waals surface area contributed by atoms with E-state index in [0.717, 1.165) is 49.4 Å². The number of ketones is 1. The zero-order chi connectivity index (χ0) is 20.0.